The van der Waals surface area contributed by atoms with E-state index < -0.39 is 5.91 Å². The van der Waals surface area contributed by atoms with Crippen LogP contribution >= 0.6 is 27.3 Å². The highest BCUT2D eigenvalue weighted by Gasteiger charge is 2.22. The fraction of sp³-hybridized carbons (Fsp3) is 0.267. The predicted octanol–water partition coefficient (Wildman–Crippen LogP) is 4.10. The van der Waals surface area contributed by atoms with Crippen molar-refractivity contribution in [3.8, 4) is 0 Å². The van der Waals surface area contributed by atoms with Crippen LogP contribution < -0.4 is 11.1 Å². The molecule has 0 bridgehead atoms. The number of halogens is 1. The summed E-state index contributed by atoms with van der Waals surface area (Å²) in [6, 6.07) is 9.90. The largest absolute Gasteiger partial charge is 0.378 e. The summed E-state index contributed by atoms with van der Waals surface area (Å²) in [7, 11) is 0. The first-order chi connectivity index (χ1) is 9.63. The van der Waals surface area contributed by atoms with Crippen LogP contribution in [0.4, 0.5) is 5.69 Å². The SMILES string of the molecule is NC(=O)c1cccc(NC2CCCc3sc(Br)cc32)c1. The van der Waals surface area contributed by atoms with Crippen molar-refractivity contribution in [2.45, 2.75) is 25.3 Å². The third kappa shape index (κ3) is 2.74. The molecule has 3 N–H and O–H groups in total. The summed E-state index contributed by atoms with van der Waals surface area (Å²) in [6.45, 7) is 0. The Labute approximate surface area is 130 Å². The van der Waals surface area contributed by atoms with Gasteiger partial charge in [0, 0.05) is 16.1 Å². The average Bonchev–Trinajstić information content (AvgIpc) is 2.80. The molecule has 0 radical (unpaired) electrons. The lowest BCUT2D eigenvalue weighted by atomic mass is 9.94. The zero-order valence-corrected chi connectivity index (χ0v) is 13.3. The number of carbonyl (C=O) groups excluding carboxylic acids is 1. The van der Waals surface area contributed by atoms with Crippen LogP contribution in [0.25, 0.3) is 0 Å². The van der Waals surface area contributed by atoms with Gasteiger partial charge in [0.15, 0.2) is 0 Å². The maximum atomic E-state index is 11.2. The molecule has 1 atom stereocenters. The quantitative estimate of drug-likeness (QED) is 0.875. The van der Waals surface area contributed by atoms with E-state index in [9.17, 15) is 4.79 Å². The van der Waals surface area contributed by atoms with Crippen LogP contribution in [-0.4, -0.2) is 5.91 Å². The smallest absolute Gasteiger partial charge is 0.248 e. The van der Waals surface area contributed by atoms with Crippen LogP contribution in [0, 0.1) is 0 Å². The van der Waals surface area contributed by atoms with Gasteiger partial charge >= 0.3 is 0 Å². The summed E-state index contributed by atoms with van der Waals surface area (Å²) >= 11 is 5.38. The van der Waals surface area contributed by atoms with Gasteiger partial charge in [-0.3, -0.25) is 4.79 Å². The van der Waals surface area contributed by atoms with Gasteiger partial charge in [0.2, 0.25) is 5.91 Å². The molecule has 1 aliphatic carbocycles. The minimum Gasteiger partial charge on any atom is -0.378 e. The Hall–Kier alpha value is -1.33. The number of rotatable bonds is 3. The second-order valence-electron chi connectivity index (χ2n) is 4.96. The Kier molecular flexibility index (Phi) is 3.81. The Balaban J connectivity index is 1.85. The summed E-state index contributed by atoms with van der Waals surface area (Å²) < 4.78 is 1.18. The van der Waals surface area contributed by atoms with Crippen molar-refractivity contribution in [1.82, 2.24) is 0 Å². The number of aryl methyl sites for hydroxylation is 1. The van der Waals surface area contributed by atoms with E-state index in [1.807, 2.05) is 29.5 Å². The number of thiophene rings is 1. The van der Waals surface area contributed by atoms with E-state index in [0.29, 0.717) is 11.6 Å². The molecule has 1 heterocycles. The van der Waals surface area contributed by atoms with E-state index in [1.165, 1.54) is 20.6 Å². The number of anilines is 1. The zero-order chi connectivity index (χ0) is 14.1. The Morgan fingerprint density at radius 2 is 2.25 bits per heavy atom. The van der Waals surface area contributed by atoms with Gasteiger partial charge in [0.05, 0.1) is 9.83 Å². The highest BCUT2D eigenvalue weighted by atomic mass is 79.9. The minimum absolute atomic E-state index is 0.310. The molecular weight excluding hydrogens is 336 g/mol. The normalized spacial score (nSPS) is 17.6. The number of hydrogen-bond donors (Lipinski definition) is 2. The monoisotopic (exact) mass is 350 g/mol. The molecule has 0 saturated heterocycles. The van der Waals surface area contributed by atoms with Crippen molar-refractivity contribution in [2.75, 3.05) is 5.32 Å². The van der Waals surface area contributed by atoms with Crippen LogP contribution in [0.5, 0.6) is 0 Å². The van der Waals surface area contributed by atoms with E-state index in [2.05, 4.69) is 27.3 Å². The van der Waals surface area contributed by atoms with Crippen molar-refractivity contribution >= 4 is 38.9 Å². The number of amides is 1. The summed E-state index contributed by atoms with van der Waals surface area (Å²) in [5, 5.41) is 3.52. The highest BCUT2D eigenvalue weighted by molar-refractivity contribution is 9.11. The van der Waals surface area contributed by atoms with Crippen molar-refractivity contribution in [1.29, 1.82) is 0 Å². The lowest BCUT2D eigenvalue weighted by Crippen LogP contribution is -2.16. The Morgan fingerprint density at radius 3 is 3.05 bits per heavy atom. The van der Waals surface area contributed by atoms with Gasteiger partial charge in [-0.15, -0.1) is 11.3 Å². The fourth-order valence-electron chi connectivity index (χ4n) is 2.63. The first-order valence-electron chi connectivity index (χ1n) is 6.58. The standard InChI is InChI=1S/C15H15BrN2OS/c16-14-8-11-12(5-2-6-13(11)20-14)18-10-4-1-3-9(7-10)15(17)19/h1,3-4,7-8,12,18H,2,5-6H2,(H2,17,19). The molecule has 1 unspecified atom stereocenters. The summed E-state index contributed by atoms with van der Waals surface area (Å²) in [5.41, 5.74) is 8.18. The van der Waals surface area contributed by atoms with Crippen molar-refractivity contribution in [2.24, 2.45) is 5.73 Å². The predicted molar refractivity (Wildman–Crippen MR) is 86.3 cm³/mol. The van der Waals surface area contributed by atoms with Crippen LogP contribution in [0.2, 0.25) is 0 Å². The summed E-state index contributed by atoms with van der Waals surface area (Å²) in [5.74, 6) is -0.392. The topological polar surface area (TPSA) is 55.1 Å². The van der Waals surface area contributed by atoms with Crippen LogP contribution in [0.1, 0.15) is 39.7 Å². The van der Waals surface area contributed by atoms with Gasteiger partial charge < -0.3 is 11.1 Å². The molecule has 2 aromatic rings. The fourth-order valence-corrected chi connectivity index (χ4v) is 4.45. The second kappa shape index (κ2) is 5.58. The molecule has 20 heavy (non-hydrogen) atoms. The van der Waals surface area contributed by atoms with E-state index in [-0.39, 0.29) is 0 Å². The van der Waals surface area contributed by atoms with E-state index in [0.717, 1.165) is 18.5 Å². The molecule has 1 aliphatic rings. The molecule has 3 nitrogen and oxygen atoms in total. The highest BCUT2D eigenvalue weighted by Crippen LogP contribution is 2.39. The van der Waals surface area contributed by atoms with Gasteiger partial charge in [-0.05, 0) is 65.0 Å². The van der Waals surface area contributed by atoms with Crippen molar-refractivity contribution in [3.63, 3.8) is 0 Å². The van der Waals surface area contributed by atoms with E-state index >= 15 is 0 Å². The second-order valence-corrected chi connectivity index (χ2v) is 7.48. The lowest BCUT2D eigenvalue weighted by molar-refractivity contribution is 0.100. The molecule has 5 heteroatoms. The van der Waals surface area contributed by atoms with Gasteiger partial charge in [-0.25, -0.2) is 0 Å². The van der Waals surface area contributed by atoms with Gasteiger partial charge in [-0.1, -0.05) is 6.07 Å². The number of primary amides is 1. The van der Waals surface area contributed by atoms with Gasteiger partial charge in [0.25, 0.3) is 0 Å². The number of benzene rings is 1. The van der Waals surface area contributed by atoms with E-state index in [4.69, 9.17) is 5.73 Å². The lowest BCUT2D eigenvalue weighted by Gasteiger charge is -2.24. The van der Waals surface area contributed by atoms with Crippen LogP contribution in [0.15, 0.2) is 34.1 Å². The minimum atomic E-state index is -0.392. The molecule has 104 valence electrons. The van der Waals surface area contributed by atoms with Gasteiger partial charge in [-0.2, -0.15) is 0 Å². The molecule has 3 rings (SSSR count). The number of nitrogens with one attached hydrogen (secondary N) is 1. The first kappa shape index (κ1) is 13.6. The van der Waals surface area contributed by atoms with Crippen molar-refractivity contribution in [3.05, 3.63) is 50.1 Å². The third-order valence-corrected chi connectivity index (χ3v) is 5.29. The first-order valence-corrected chi connectivity index (χ1v) is 8.19. The summed E-state index contributed by atoms with van der Waals surface area (Å²) in [4.78, 5) is 12.7. The molecule has 0 fully saturated rings. The third-order valence-electron chi connectivity index (χ3n) is 3.57. The molecule has 1 aromatic carbocycles. The Morgan fingerprint density at radius 1 is 1.40 bits per heavy atom. The molecule has 1 aromatic heterocycles. The number of hydrogen-bond acceptors (Lipinski definition) is 3. The molecule has 0 aliphatic heterocycles. The average molecular weight is 351 g/mol. The van der Waals surface area contributed by atoms with Crippen molar-refractivity contribution < 1.29 is 4.79 Å². The molecule has 0 spiro atoms. The maximum Gasteiger partial charge on any atom is 0.248 e. The van der Waals surface area contributed by atoms with Crippen LogP contribution in [-0.2, 0) is 6.42 Å². The zero-order valence-electron chi connectivity index (χ0n) is 10.9. The van der Waals surface area contributed by atoms with Gasteiger partial charge in [0.1, 0.15) is 0 Å². The number of fused-ring (bicyclic) bond motifs is 1. The molecule has 1 amide bonds. The maximum absolute atomic E-state index is 11.2. The van der Waals surface area contributed by atoms with Crippen LogP contribution in [0.3, 0.4) is 0 Å². The molecule has 0 saturated carbocycles. The number of nitrogens with two attached hydrogens (primary N) is 1. The molecular formula is C15H15BrN2OS. The Bertz CT molecular complexity index is 653. The number of carbonyl (C=O) groups is 1. The summed E-state index contributed by atoms with van der Waals surface area (Å²) in [6.07, 6.45) is 3.45. The van der Waals surface area contributed by atoms with E-state index in [1.54, 1.807) is 6.07 Å².